The summed E-state index contributed by atoms with van der Waals surface area (Å²) in [5.41, 5.74) is 1.000. The molecular formula is C7H8N4. The van der Waals surface area contributed by atoms with E-state index in [0.29, 0.717) is 0 Å². The van der Waals surface area contributed by atoms with Crippen molar-refractivity contribution >= 4 is 0 Å². The van der Waals surface area contributed by atoms with E-state index < -0.39 is 0 Å². The maximum Gasteiger partial charge on any atom is 0.149 e. The maximum absolute atomic E-state index is 4.20. The van der Waals surface area contributed by atoms with E-state index in [2.05, 4.69) is 15.3 Å². The molecule has 0 atom stereocenters. The van der Waals surface area contributed by atoms with Crippen molar-refractivity contribution in [2.24, 2.45) is 0 Å². The lowest BCUT2D eigenvalue weighted by Crippen LogP contribution is -1.94. The first-order valence-corrected chi connectivity index (χ1v) is 3.38. The van der Waals surface area contributed by atoms with E-state index in [0.717, 1.165) is 11.5 Å². The highest BCUT2D eigenvalue weighted by atomic mass is 15.3. The summed E-state index contributed by atoms with van der Waals surface area (Å²) in [7, 11) is 0. The molecule has 4 heteroatoms. The van der Waals surface area contributed by atoms with Crippen LogP contribution < -0.4 is 0 Å². The lowest BCUT2D eigenvalue weighted by molar-refractivity contribution is 0.823. The quantitative estimate of drug-likeness (QED) is 0.653. The van der Waals surface area contributed by atoms with Crippen LogP contribution in [0, 0.1) is 6.92 Å². The van der Waals surface area contributed by atoms with Gasteiger partial charge >= 0.3 is 0 Å². The van der Waals surface area contributed by atoms with Crippen LogP contribution in [0.2, 0.25) is 0 Å². The van der Waals surface area contributed by atoms with E-state index in [1.54, 1.807) is 10.9 Å². The Morgan fingerprint density at radius 1 is 1.45 bits per heavy atom. The van der Waals surface area contributed by atoms with Gasteiger partial charge < -0.3 is 0 Å². The molecule has 0 saturated carbocycles. The van der Waals surface area contributed by atoms with Crippen molar-refractivity contribution in [2.45, 2.75) is 6.92 Å². The number of aryl methyl sites for hydroxylation is 1. The Labute approximate surface area is 63.9 Å². The zero-order valence-electron chi connectivity index (χ0n) is 6.15. The minimum atomic E-state index is 0.887. The van der Waals surface area contributed by atoms with Crippen LogP contribution in [0.25, 0.3) is 5.82 Å². The molecule has 0 radical (unpaired) electrons. The number of nitrogens with zero attached hydrogens (tertiary/aromatic N) is 3. The third-order valence-electron chi connectivity index (χ3n) is 1.46. The molecule has 0 aromatic carbocycles. The fourth-order valence-corrected chi connectivity index (χ4v) is 0.925. The molecule has 0 aliphatic heterocycles. The first-order valence-electron chi connectivity index (χ1n) is 3.38. The summed E-state index contributed by atoms with van der Waals surface area (Å²) in [5.74, 6) is 0.887. The van der Waals surface area contributed by atoms with Crippen molar-refractivity contribution in [3.05, 3.63) is 30.2 Å². The standard InChI is InChI=1S/C7H8N4/c1-6-3-5-11(10-6)7-2-4-8-9-7/h2-5H,1H3,(H,8,9). The van der Waals surface area contributed by atoms with Crippen LogP contribution in [-0.2, 0) is 0 Å². The van der Waals surface area contributed by atoms with Gasteiger partial charge in [-0.15, -0.1) is 0 Å². The predicted molar refractivity (Wildman–Crippen MR) is 40.4 cm³/mol. The van der Waals surface area contributed by atoms with Gasteiger partial charge in [-0.3, -0.25) is 5.10 Å². The topological polar surface area (TPSA) is 46.5 Å². The Kier molecular flexibility index (Phi) is 1.25. The third kappa shape index (κ3) is 1.02. The van der Waals surface area contributed by atoms with Crippen LogP contribution >= 0.6 is 0 Å². The number of H-pyrrole nitrogens is 1. The van der Waals surface area contributed by atoms with Crippen LogP contribution in [0.4, 0.5) is 0 Å². The number of aromatic nitrogens is 4. The van der Waals surface area contributed by atoms with E-state index in [1.165, 1.54) is 0 Å². The number of nitrogens with one attached hydrogen (secondary N) is 1. The Morgan fingerprint density at radius 3 is 2.91 bits per heavy atom. The molecular weight excluding hydrogens is 140 g/mol. The van der Waals surface area contributed by atoms with E-state index in [9.17, 15) is 0 Å². The average molecular weight is 148 g/mol. The second kappa shape index (κ2) is 2.23. The highest BCUT2D eigenvalue weighted by Gasteiger charge is 1.96. The zero-order chi connectivity index (χ0) is 7.68. The summed E-state index contributed by atoms with van der Waals surface area (Å²) >= 11 is 0. The zero-order valence-corrected chi connectivity index (χ0v) is 6.15. The van der Waals surface area contributed by atoms with Gasteiger partial charge in [-0.25, -0.2) is 4.68 Å². The van der Waals surface area contributed by atoms with Gasteiger partial charge in [0.15, 0.2) is 0 Å². The molecule has 0 saturated heterocycles. The normalized spacial score (nSPS) is 10.3. The average Bonchev–Trinajstić information content (AvgIpc) is 2.55. The fourth-order valence-electron chi connectivity index (χ4n) is 0.925. The van der Waals surface area contributed by atoms with Crippen molar-refractivity contribution < 1.29 is 0 Å². The van der Waals surface area contributed by atoms with Crippen LogP contribution in [0.3, 0.4) is 0 Å². The first kappa shape index (κ1) is 6.15. The molecule has 11 heavy (non-hydrogen) atoms. The number of rotatable bonds is 1. The second-order valence-corrected chi connectivity index (χ2v) is 2.34. The van der Waals surface area contributed by atoms with Gasteiger partial charge in [0.05, 0.1) is 11.9 Å². The molecule has 2 aromatic rings. The van der Waals surface area contributed by atoms with Gasteiger partial charge in [-0.1, -0.05) is 0 Å². The van der Waals surface area contributed by atoms with Crippen LogP contribution in [0.1, 0.15) is 5.69 Å². The maximum atomic E-state index is 4.20. The highest BCUT2D eigenvalue weighted by Crippen LogP contribution is 2.01. The van der Waals surface area contributed by atoms with Crippen molar-refractivity contribution in [1.82, 2.24) is 20.0 Å². The highest BCUT2D eigenvalue weighted by molar-refractivity contribution is 5.18. The molecule has 0 spiro atoms. The van der Waals surface area contributed by atoms with Crippen molar-refractivity contribution in [3.63, 3.8) is 0 Å². The van der Waals surface area contributed by atoms with E-state index >= 15 is 0 Å². The van der Waals surface area contributed by atoms with Gasteiger partial charge in [-0.05, 0) is 13.0 Å². The Hall–Kier alpha value is -1.58. The number of hydrogen-bond acceptors (Lipinski definition) is 2. The van der Waals surface area contributed by atoms with Gasteiger partial charge in [0.1, 0.15) is 5.82 Å². The Balaban J connectivity index is 2.45. The molecule has 2 rings (SSSR count). The number of aromatic amines is 1. The summed E-state index contributed by atoms with van der Waals surface area (Å²) in [6, 6.07) is 3.81. The van der Waals surface area contributed by atoms with Gasteiger partial charge in [0, 0.05) is 12.3 Å². The molecule has 0 aliphatic carbocycles. The molecule has 0 bridgehead atoms. The number of hydrogen-bond donors (Lipinski definition) is 1. The molecule has 2 aromatic heterocycles. The minimum absolute atomic E-state index is 0.887. The Morgan fingerprint density at radius 2 is 2.36 bits per heavy atom. The molecule has 4 nitrogen and oxygen atoms in total. The molecule has 0 amide bonds. The van der Waals surface area contributed by atoms with E-state index in [4.69, 9.17) is 0 Å². The molecule has 2 heterocycles. The molecule has 56 valence electrons. The predicted octanol–water partition coefficient (Wildman–Crippen LogP) is 0.904. The lowest BCUT2D eigenvalue weighted by atomic mass is 10.5. The summed E-state index contributed by atoms with van der Waals surface area (Å²) in [5, 5.41) is 10.8. The summed E-state index contributed by atoms with van der Waals surface area (Å²) < 4.78 is 1.75. The van der Waals surface area contributed by atoms with Crippen molar-refractivity contribution in [2.75, 3.05) is 0 Å². The van der Waals surface area contributed by atoms with Crippen molar-refractivity contribution in [1.29, 1.82) is 0 Å². The fraction of sp³-hybridized carbons (Fsp3) is 0.143. The monoisotopic (exact) mass is 148 g/mol. The third-order valence-corrected chi connectivity index (χ3v) is 1.46. The molecule has 1 N–H and O–H groups in total. The van der Waals surface area contributed by atoms with Crippen LogP contribution in [-0.4, -0.2) is 20.0 Å². The van der Waals surface area contributed by atoms with Gasteiger partial charge in [0.25, 0.3) is 0 Å². The smallest absolute Gasteiger partial charge is 0.149 e. The second-order valence-electron chi connectivity index (χ2n) is 2.34. The van der Waals surface area contributed by atoms with Gasteiger partial charge in [-0.2, -0.15) is 10.2 Å². The van der Waals surface area contributed by atoms with Crippen LogP contribution in [0.5, 0.6) is 0 Å². The van der Waals surface area contributed by atoms with Crippen LogP contribution in [0.15, 0.2) is 24.5 Å². The van der Waals surface area contributed by atoms with E-state index in [-0.39, 0.29) is 0 Å². The van der Waals surface area contributed by atoms with Crippen molar-refractivity contribution in [3.8, 4) is 5.82 Å². The van der Waals surface area contributed by atoms with Gasteiger partial charge in [0.2, 0.25) is 0 Å². The molecule has 0 aliphatic rings. The minimum Gasteiger partial charge on any atom is -0.261 e. The lowest BCUT2D eigenvalue weighted by Gasteiger charge is -1.92. The summed E-state index contributed by atoms with van der Waals surface area (Å²) in [4.78, 5) is 0. The SMILES string of the molecule is Cc1ccn(-c2ccn[nH]2)n1. The first-order chi connectivity index (χ1) is 5.36. The summed E-state index contributed by atoms with van der Waals surface area (Å²) in [6.45, 7) is 1.95. The largest absolute Gasteiger partial charge is 0.261 e. The molecule has 0 unspecified atom stereocenters. The Bertz CT molecular complexity index is 333. The molecule has 0 fully saturated rings. The summed E-state index contributed by atoms with van der Waals surface area (Å²) in [6.07, 6.45) is 3.59. The van der Waals surface area contributed by atoms with E-state index in [1.807, 2.05) is 25.3 Å².